The SMILES string of the molecule is Cc1cccc(-n2nnnc2SCc2cn3ccccc3n2)c1. The first-order valence-corrected chi connectivity index (χ1v) is 8.19. The number of benzene rings is 1. The Morgan fingerprint density at radius 1 is 1.13 bits per heavy atom. The van der Waals surface area contributed by atoms with Crippen LogP contribution in [-0.4, -0.2) is 29.6 Å². The van der Waals surface area contributed by atoms with Crippen molar-refractivity contribution in [3.63, 3.8) is 0 Å². The van der Waals surface area contributed by atoms with E-state index in [0.29, 0.717) is 5.75 Å². The third kappa shape index (κ3) is 2.83. The van der Waals surface area contributed by atoms with E-state index in [1.165, 1.54) is 5.56 Å². The van der Waals surface area contributed by atoms with Gasteiger partial charge in [0.05, 0.1) is 11.4 Å². The van der Waals surface area contributed by atoms with Gasteiger partial charge in [0.15, 0.2) is 0 Å². The van der Waals surface area contributed by atoms with E-state index in [-0.39, 0.29) is 0 Å². The molecule has 0 aliphatic rings. The Kier molecular flexibility index (Phi) is 3.55. The monoisotopic (exact) mass is 322 g/mol. The van der Waals surface area contributed by atoms with Gasteiger partial charge in [0, 0.05) is 18.1 Å². The number of fused-ring (bicyclic) bond motifs is 1. The normalized spacial score (nSPS) is 11.2. The second kappa shape index (κ2) is 5.85. The molecule has 0 aliphatic heterocycles. The molecule has 0 unspecified atom stereocenters. The number of tetrazole rings is 1. The molecule has 0 spiro atoms. The fraction of sp³-hybridized carbons (Fsp3) is 0.125. The zero-order valence-electron chi connectivity index (χ0n) is 12.5. The van der Waals surface area contributed by atoms with E-state index >= 15 is 0 Å². The van der Waals surface area contributed by atoms with Crippen molar-refractivity contribution in [3.05, 3.63) is 66.1 Å². The standard InChI is InChI=1S/C16H14N6S/c1-12-5-4-6-14(9-12)22-16(18-19-20-22)23-11-13-10-21-8-3-2-7-15(21)17-13/h2-10H,11H2,1H3. The maximum Gasteiger partial charge on any atom is 0.214 e. The summed E-state index contributed by atoms with van der Waals surface area (Å²) in [4.78, 5) is 4.59. The van der Waals surface area contributed by atoms with Crippen LogP contribution in [0.5, 0.6) is 0 Å². The number of aryl methyl sites for hydroxylation is 1. The van der Waals surface area contributed by atoms with Gasteiger partial charge in [-0.05, 0) is 47.2 Å². The number of hydrogen-bond acceptors (Lipinski definition) is 5. The number of rotatable bonds is 4. The smallest absolute Gasteiger partial charge is 0.214 e. The van der Waals surface area contributed by atoms with Gasteiger partial charge in [0.1, 0.15) is 5.65 Å². The second-order valence-electron chi connectivity index (χ2n) is 5.20. The molecule has 0 fully saturated rings. The Bertz CT molecular complexity index is 925. The van der Waals surface area contributed by atoms with Crippen molar-refractivity contribution in [2.45, 2.75) is 17.8 Å². The zero-order valence-corrected chi connectivity index (χ0v) is 13.3. The molecule has 0 N–H and O–H groups in total. The fourth-order valence-electron chi connectivity index (χ4n) is 2.39. The minimum absolute atomic E-state index is 0.716. The van der Waals surface area contributed by atoms with Gasteiger partial charge in [0.25, 0.3) is 0 Å². The van der Waals surface area contributed by atoms with Gasteiger partial charge in [-0.3, -0.25) is 0 Å². The highest BCUT2D eigenvalue weighted by Gasteiger charge is 2.10. The van der Waals surface area contributed by atoms with Crippen molar-refractivity contribution in [2.75, 3.05) is 0 Å². The third-order valence-corrected chi connectivity index (χ3v) is 4.40. The molecule has 114 valence electrons. The van der Waals surface area contributed by atoms with Crippen molar-refractivity contribution < 1.29 is 0 Å². The zero-order chi connectivity index (χ0) is 15.6. The Morgan fingerprint density at radius 3 is 2.96 bits per heavy atom. The molecule has 0 saturated carbocycles. The van der Waals surface area contributed by atoms with Crippen LogP contribution in [0.15, 0.2) is 60.0 Å². The van der Waals surface area contributed by atoms with Gasteiger partial charge in [-0.15, -0.1) is 5.10 Å². The number of imidazole rings is 1. The van der Waals surface area contributed by atoms with Gasteiger partial charge < -0.3 is 4.40 Å². The number of hydrogen-bond donors (Lipinski definition) is 0. The van der Waals surface area contributed by atoms with E-state index in [9.17, 15) is 0 Å². The lowest BCUT2D eigenvalue weighted by Gasteiger charge is -2.04. The molecular formula is C16H14N6S. The van der Waals surface area contributed by atoms with Crippen LogP contribution in [0.1, 0.15) is 11.3 Å². The second-order valence-corrected chi connectivity index (χ2v) is 6.14. The number of pyridine rings is 1. The quantitative estimate of drug-likeness (QED) is 0.541. The highest BCUT2D eigenvalue weighted by atomic mass is 32.2. The minimum atomic E-state index is 0.716. The van der Waals surface area contributed by atoms with Crippen LogP contribution >= 0.6 is 11.8 Å². The van der Waals surface area contributed by atoms with E-state index in [4.69, 9.17) is 0 Å². The molecule has 3 heterocycles. The molecule has 1 aromatic carbocycles. The molecule has 6 nitrogen and oxygen atoms in total. The molecule has 4 aromatic rings. The van der Waals surface area contributed by atoms with Crippen molar-refractivity contribution in [1.29, 1.82) is 0 Å². The molecule has 0 aliphatic carbocycles. The lowest BCUT2D eigenvalue weighted by molar-refractivity contribution is 0.755. The van der Waals surface area contributed by atoms with Crippen molar-refractivity contribution in [2.24, 2.45) is 0 Å². The molecule has 4 rings (SSSR count). The molecule has 0 radical (unpaired) electrons. The van der Waals surface area contributed by atoms with Gasteiger partial charge in [-0.25, -0.2) is 4.98 Å². The predicted molar refractivity (Wildman–Crippen MR) is 88.6 cm³/mol. The van der Waals surface area contributed by atoms with Crippen LogP contribution in [0.2, 0.25) is 0 Å². The Morgan fingerprint density at radius 2 is 2.09 bits per heavy atom. The Balaban J connectivity index is 1.57. The minimum Gasteiger partial charge on any atom is -0.307 e. The van der Waals surface area contributed by atoms with Crippen LogP contribution < -0.4 is 0 Å². The molecule has 0 saturated heterocycles. The largest absolute Gasteiger partial charge is 0.307 e. The van der Waals surface area contributed by atoms with Crippen LogP contribution in [0, 0.1) is 6.92 Å². The summed E-state index contributed by atoms with van der Waals surface area (Å²) in [6.45, 7) is 2.05. The van der Waals surface area contributed by atoms with Crippen LogP contribution in [0.3, 0.4) is 0 Å². The van der Waals surface area contributed by atoms with Crippen LogP contribution in [0.25, 0.3) is 11.3 Å². The van der Waals surface area contributed by atoms with Crippen LogP contribution in [0.4, 0.5) is 0 Å². The van der Waals surface area contributed by atoms with E-state index in [1.54, 1.807) is 16.4 Å². The Labute approximate surface area is 137 Å². The first-order valence-electron chi connectivity index (χ1n) is 7.20. The summed E-state index contributed by atoms with van der Waals surface area (Å²) in [5.74, 6) is 0.716. The summed E-state index contributed by atoms with van der Waals surface area (Å²) in [5.41, 5.74) is 4.09. The number of nitrogens with zero attached hydrogens (tertiary/aromatic N) is 6. The number of aromatic nitrogens is 6. The van der Waals surface area contributed by atoms with E-state index in [1.807, 2.05) is 47.1 Å². The molecule has 7 heteroatoms. The lowest BCUT2D eigenvalue weighted by Crippen LogP contribution is -1.99. The molecule has 3 aromatic heterocycles. The van der Waals surface area contributed by atoms with Crippen molar-refractivity contribution in [1.82, 2.24) is 29.6 Å². The van der Waals surface area contributed by atoms with Crippen LogP contribution in [-0.2, 0) is 5.75 Å². The van der Waals surface area contributed by atoms with Crippen molar-refractivity contribution in [3.8, 4) is 5.69 Å². The molecule has 0 amide bonds. The highest BCUT2D eigenvalue weighted by Crippen LogP contribution is 2.22. The summed E-state index contributed by atoms with van der Waals surface area (Å²) in [6, 6.07) is 14.1. The first-order chi connectivity index (χ1) is 11.3. The summed E-state index contributed by atoms with van der Waals surface area (Å²) in [7, 11) is 0. The number of thioether (sulfide) groups is 1. The van der Waals surface area contributed by atoms with Gasteiger partial charge in [0.2, 0.25) is 5.16 Å². The third-order valence-electron chi connectivity index (χ3n) is 3.45. The van der Waals surface area contributed by atoms with E-state index < -0.39 is 0 Å². The summed E-state index contributed by atoms with van der Waals surface area (Å²) in [5, 5.41) is 12.8. The average molecular weight is 322 g/mol. The molecule has 0 bridgehead atoms. The summed E-state index contributed by atoms with van der Waals surface area (Å²) >= 11 is 1.57. The highest BCUT2D eigenvalue weighted by molar-refractivity contribution is 7.98. The maximum atomic E-state index is 4.59. The van der Waals surface area contributed by atoms with Gasteiger partial charge >= 0.3 is 0 Å². The van der Waals surface area contributed by atoms with Crippen molar-refractivity contribution >= 4 is 17.4 Å². The van der Waals surface area contributed by atoms with Gasteiger partial charge in [-0.2, -0.15) is 4.68 Å². The average Bonchev–Trinajstić information content (AvgIpc) is 3.19. The molecule has 23 heavy (non-hydrogen) atoms. The van der Waals surface area contributed by atoms with E-state index in [0.717, 1.165) is 22.2 Å². The summed E-state index contributed by atoms with van der Waals surface area (Å²) < 4.78 is 3.77. The molecule has 0 atom stereocenters. The van der Waals surface area contributed by atoms with E-state index in [2.05, 4.69) is 39.6 Å². The molecular weight excluding hydrogens is 308 g/mol. The topological polar surface area (TPSA) is 60.9 Å². The van der Waals surface area contributed by atoms with Gasteiger partial charge in [-0.1, -0.05) is 30.0 Å². The lowest BCUT2D eigenvalue weighted by atomic mass is 10.2. The predicted octanol–water partition coefficient (Wildman–Crippen LogP) is 2.91. The maximum absolute atomic E-state index is 4.59. The fourth-order valence-corrected chi connectivity index (χ4v) is 3.16. The Hall–Kier alpha value is -2.67. The summed E-state index contributed by atoms with van der Waals surface area (Å²) in [6.07, 6.45) is 4.02. The first kappa shape index (κ1) is 14.0.